The molecule has 0 heterocycles. The number of hydrogen-bond acceptors (Lipinski definition) is 3. The molecule has 0 fully saturated rings. The number of carbonyl (C=O) groups is 1. The van der Waals surface area contributed by atoms with Crippen LogP contribution >= 0.6 is 0 Å². The van der Waals surface area contributed by atoms with Crippen LogP contribution in [0.15, 0.2) is 24.3 Å². The molecule has 0 unspecified atom stereocenters. The molecule has 0 saturated carbocycles. The molecule has 0 bridgehead atoms. The molecule has 1 aromatic carbocycles. The Hall–Kier alpha value is -1.72. The second kappa shape index (κ2) is 5.07. The van der Waals surface area contributed by atoms with Crippen molar-refractivity contribution in [3.8, 4) is 0 Å². The number of nitrogens with zero attached hydrogens (tertiary/aromatic N) is 1. The number of carbonyl (C=O) groups excluding carboxylic acids is 1. The Morgan fingerprint density at radius 2 is 2.06 bits per heavy atom. The van der Waals surface area contributed by atoms with Gasteiger partial charge >= 0.3 is 12.1 Å². The van der Waals surface area contributed by atoms with Crippen LogP contribution in [-0.4, -0.2) is 26.7 Å². The minimum absolute atomic E-state index is 0.0994. The number of alkyl halides is 3. The van der Waals surface area contributed by atoms with Crippen LogP contribution in [0.2, 0.25) is 0 Å². The van der Waals surface area contributed by atoms with E-state index in [1.54, 1.807) is 0 Å². The summed E-state index contributed by atoms with van der Waals surface area (Å²) in [6.45, 7) is -0.0994. The third-order valence-corrected chi connectivity index (χ3v) is 2.21. The average molecular weight is 247 g/mol. The molecule has 0 aliphatic carbocycles. The SMILES string of the molecule is COC(=O)CN(C)c1cccc(C(F)(F)F)c1. The number of methoxy groups -OCH3 is 1. The summed E-state index contributed by atoms with van der Waals surface area (Å²) in [4.78, 5) is 12.4. The number of halogens is 3. The first-order chi connectivity index (χ1) is 7.84. The second-order valence-corrected chi connectivity index (χ2v) is 3.48. The van der Waals surface area contributed by atoms with E-state index in [2.05, 4.69) is 4.74 Å². The fourth-order valence-electron chi connectivity index (χ4n) is 1.27. The minimum atomic E-state index is -4.39. The number of esters is 1. The highest BCUT2D eigenvalue weighted by molar-refractivity contribution is 5.75. The van der Waals surface area contributed by atoms with Gasteiger partial charge in [-0.2, -0.15) is 13.2 Å². The van der Waals surface area contributed by atoms with E-state index >= 15 is 0 Å². The van der Waals surface area contributed by atoms with Crippen molar-refractivity contribution in [3.63, 3.8) is 0 Å². The standard InChI is InChI=1S/C11H12F3NO2/c1-15(7-10(16)17-2)9-5-3-4-8(6-9)11(12,13)14/h3-6H,7H2,1-2H3. The monoisotopic (exact) mass is 247 g/mol. The largest absolute Gasteiger partial charge is 0.468 e. The van der Waals surface area contributed by atoms with Crippen molar-refractivity contribution in [2.24, 2.45) is 0 Å². The third-order valence-electron chi connectivity index (χ3n) is 2.21. The van der Waals surface area contributed by atoms with E-state index in [1.807, 2.05) is 0 Å². The lowest BCUT2D eigenvalue weighted by Crippen LogP contribution is -2.26. The van der Waals surface area contributed by atoms with Gasteiger partial charge in [0.15, 0.2) is 0 Å². The first-order valence-corrected chi connectivity index (χ1v) is 4.80. The molecule has 0 aromatic heterocycles. The summed E-state index contributed by atoms with van der Waals surface area (Å²) >= 11 is 0. The predicted octanol–water partition coefficient (Wildman–Crippen LogP) is 2.31. The van der Waals surface area contributed by atoms with Crippen molar-refractivity contribution in [2.45, 2.75) is 6.18 Å². The van der Waals surface area contributed by atoms with Gasteiger partial charge in [-0.1, -0.05) is 6.07 Å². The molecule has 0 radical (unpaired) electrons. The molecule has 0 spiro atoms. The minimum Gasteiger partial charge on any atom is -0.468 e. The van der Waals surface area contributed by atoms with Crippen molar-refractivity contribution in [1.29, 1.82) is 0 Å². The van der Waals surface area contributed by atoms with Crippen LogP contribution in [0.25, 0.3) is 0 Å². The third kappa shape index (κ3) is 3.65. The quantitative estimate of drug-likeness (QED) is 0.768. The Bertz CT molecular complexity index is 404. The zero-order chi connectivity index (χ0) is 13.1. The summed E-state index contributed by atoms with van der Waals surface area (Å²) < 4.78 is 41.8. The summed E-state index contributed by atoms with van der Waals surface area (Å²) in [5, 5.41) is 0. The lowest BCUT2D eigenvalue weighted by atomic mass is 10.2. The van der Waals surface area contributed by atoms with Crippen LogP contribution in [0.5, 0.6) is 0 Å². The number of anilines is 1. The van der Waals surface area contributed by atoms with Crippen LogP contribution in [0, 0.1) is 0 Å². The number of hydrogen-bond donors (Lipinski definition) is 0. The second-order valence-electron chi connectivity index (χ2n) is 3.48. The Kier molecular flexibility index (Phi) is 3.98. The first kappa shape index (κ1) is 13.3. The highest BCUT2D eigenvalue weighted by Crippen LogP contribution is 2.31. The van der Waals surface area contributed by atoms with E-state index in [0.717, 1.165) is 12.1 Å². The van der Waals surface area contributed by atoms with Crippen LogP contribution in [0.1, 0.15) is 5.56 Å². The number of likely N-dealkylation sites (N-methyl/N-ethyl adjacent to an activating group) is 1. The van der Waals surface area contributed by atoms with Crippen molar-refractivity contribution < 1.29 is 22.7 Å². The Morgan fingerprint density at radius 1 is 1.41 bits per heavy atom. The van der Waals surface area contributed by atoms with Crippen LogP contribution in [0.4, 0.5) is 18.9 Å². The highest BCUT2D eigenvalue weighted by Gasteiger charge is 2.30. The van der Waals surface area contributed by atoms with Gasteiger partial charge < -0.3 is 9.64 Å². The molecule has 0 atom stereocenters. The van der Waals surface area contributed by atoms with Crippen LogP contribution < -0.4 is 4.90 Å². The molecule has 0 aliphatic rings. The van der Waals surface area contributed by atoms with Gasteiger partial charge in [0.1, 0.15) is 6.54 Å². The van der Waals surface area contributed by atoms with Gasteiger partial charge in [-0.15, -0.1) is 0 Å². The molecule has 1 aromatic rings. The molecule has 0 amide bonds. The smallest absolute Gasteiger partial charge is 0.416 e. The molecule has 17 heavy (non-hydrogen) atoms. The maximum Gasteiger partial charge on any atom is 0.416 e. The summed E-state index contributed by atoms with van der Waals surface area (Å²) in [5.74, 6) is -0.509. The predicted molar refractivity (Wildman–Crippen MR) is 56.7 cm³/mol. The zero-order valence-corrected chi connectivity index (χ0v) is 9.41. The molecule has 3 nitrogen and oxygen atoms in total. The van der Waals surface area contributed by atoms with Gasteiger partial charge in [-0.3, -0.25) is 4.79 Å². The maximum atomic E-state index is 12.4. The van der Waals surface area contributed by atoms with E-state index in [9.17, 15) is 18.0 Å². The molecule has 94 valence electrons. The Balaban J connectivity index is 2.88. The molecular formula is C11H12F3NO2. The first-order valence-electron chi connectivity index (χ1n) is 4.80. The fraction of sp³-hybridized carbons (Fsp3) is 0.364. The van der Waals surface area contributed by atoms with Gasteiger partial charge in [-0.05, 0) is 18.2 Å². The topological polar surface area (TPSA) is 29.5 Å². The Labute approximate surface area is 96.8 Å². The van der Waals surface area contributed by atoms with E-state index in [0.29, 0.717) is 5.69 Å². The number of rotatable bonds is 3. The summed E-state index contributed by atoms with van der Waals surface area (Å²) in [6.07, 6.45) is -4.39. The van der Waals surface area contributed by atoms with Crippen LogP contribution in [0.3, 0.4) is 0 Å². The van der Waals surface area contributed by atoms with E-state index in [-0.39, 0.29) is 6.54 Å². The Morgan fingerprint density at radius 3 is 2.59 bits per heavy atom. The van der Waals surface area contributed by atoms with E-state index in [1.165, 1.54) is 31.2 Å². The summed E-state index contributed by atoms with van der Waals surface area (Å²) in [7, 11) is 2.74. The molecular weight excluding hydrogens is 235 g/mol. The molecule has 6 heteroatoms. The summed E-state index contributed by atoms with van der Waals surface area (Å²) in [5.41, 5.74) is -0.433. The van der Waals surface area contributed by atoms with Gasteiger partial charge in [0.2, 0.25) is 0 Å². The van der Waals surface area contributed by atoms with E-state index in [4.69, 9.17) is 0 Å². The number of benzene rings is 1. The lowest BCUT2D eigenvalue weighted by Gasteiger charge is -2.19. The van der Waals surface area contributed by atoms with Gasteiger partial charge in [0.05, 0.1) is 12.7 Å². The average Bonchev–Trinajstić information content (AvgIpc) is 2.28. The van der Waals surface area contributed by atoms with Crippen molar-refractivity contribution in [2.75, 3.05) is 25.6 Å². The molecule has 0 N–H and O–H groups in total. The van der Waals surface area contributed by atoms with Crippen molar-refractivity contribution in [3.05, 3.63) is 29.8 Å². The van der Waals surface area contributed by atoms with Crippen molar-refractivity contribution >= 4 is 11.7 Å². The van der Waals surface area contributed by atoms with Gasteiger partial charge in [0, 0.05) is 12.7 Å². The lowest BCUT2D eigenvalue weighted by molar-refractivity contribution is -0.139. The molecule has 0 aliphatic heterocycles. The van der Waals surface area contributed by atoms with Gasteiger partial charge in [0.25, 0.3) is 0 Å². The highest BCUT2D eigenvalue weighted by atomic mass is 19.4. The normalized spacial score (nSPS) is 11.1. The van der Waals surface area contributed by atoms with Crippen molar-refractivity contribution in [1.82, 2.24) is 0 Å². The summed E-state index contributed by atoms with van der Waals surface area (Å²) in [6, 6.07) is 4.77. The maximum absolute atomic E-state index is 12.4. The fourth-order valence-corrected chi connectivity index (χ4v) is 1.27. The zero-order valence-electron chi connectivity index (χ0n) is 9.41. The molecule has 0 saturated heterocycles. The van der Waals surface area contributed by atoms with Gasteiger partial charge in [-0.25, -0.2) is 0 Å². The molecule has 1 rings (SSSR count). The van der Waals surface area contributed by atoms with E-state index < -0.39 is 17.7 Å². The number of ether oxygens (including phenoxy) is 1. The van der Waals surface area contributed by atoms with Crippen LogP contribution in [-0.2, 0) is 15.7 Å².